The van der Waals surface area contributed by atoms with Crippen molar-refractivity contribution in [2.24, 2.45) is 0 Å². The van der Waals surface area contributed by atoms with Crippen molar-refractivity contribution < 1.29 is 31.1 Å². The first-order valence-electron chi connectivity index (χ1n) is 7.85. The number of hydrogen-bond acceptors (Lipinski definition) is 3. The van der Waals surface area contributed by atoms with Crippen molar-refractivity contribution in [3.8, 4) is 0 Å². The third-order valence-corrected chi connectivity index (χ3v) is 4.91. The Hall–Kier alpha value is -2.14. The number of halogens is 6. The van der Waals surface area contributed by atoms with Crippen LogP contribution in [0.1, 0.15) is 28.5 Å². The molecule has 1 aromatic heterocycles. The molecule has 2 aromatic rings. The summed E-state index contributed by atoms with van der Waals surface area (Å²) >= 11 is 6.30. The molecule has 28 heavy (non-hydrogen) atoms. The zero-order chi connectivity index (χ0) is 21.1. The number of thiophene rings is 1. The second-order valence-electron chi connectivity index (χ2n) is 5.71. The fraction of sp³-hybridized carbons (Fsp3) is 0.294. The monoisotopic (exact) mass is 440 g/mol. The van der Waals surface area contributed by atoms with Crippen molar-refractivity contribution >= 4 is 40.1 Å². The summed E-state index contributed by atoms with van der Waals surface area (Å²) in [5.74, 6) is -1.00. The Kier molecular flexibility index (Phi) is 6.71. The summed E-state index contributed by atoms with van der Waals surface area (Å²) in [5.41, 5.74) is -2.61. The van der Waals surface area contributed by atoms with Crippen LogP contribution in [0.5, 0.6) is 0 Å². The van der Waals surface area contributed by atoms with Gasteiger partial charge in [0.25, 0.3) is 5.91 Å². The van der Waals surface area contributed by atoms with Gasteiger partial charge in [-0.05, 0) is 41.6 Å². The summed E-state index contributed by atoms with van der Waals surface area (Å²) in [5, 5.41) is 6.54. The van der Waals surface area contributed by atoms with Gasteiger partial charge in [0.15, 0.2) is 4.99 Å². The maximum atomic E-state index is 12.9. The SMILES string of the molecule is CCc1csc(CNC(=S)C(=O)Nc2cc(C(F)(F)F)cc(C(F)(F)F)c2)c1. The molecule has 0 saturated heterocycles. The van der Waals surface area contributed by atoms with Crippen molar-refractivity contribution in [1.82, 2.24) is 5.32 Å². The van der Waals surface area contributed by atoms with Crippen molar-refractivity contribution in [2.75, 3.05) is 5.32 Å². The van der Waals surface area contributed by atoms with E-state index < -0.39 is 35.1 Å². The minimum absolute atomic E-state index is 0.0195. The number of amides is 1. The Labute approximate surface area is 165 Å². The molecule has 0 aliphatic rings. The van der Waals surface area contributed by atoms with E-state index in [-0.39, 0.29) is 17.6 Å². The van der Waals surface area contributed by atoms with Gasteiger partial charge in [-0.15, -0.1) is 11.3 Å². The van der Waals surface area contributed by atoms with Crippen LogP contribution >= 0.6 is 23.6 Å². The maximum Gasteiger partial charge on any atom is 0.416 e. The number of rotatable bonds is 4. The quantitative estimate of drug-likeness (QED) is 0.494. The van der Waals surface area contributed by atoms with Gasteiger partial charge in [-0.3, -0.25) is 4.79 Å². The molecule has 1 heterocycles. The van der Waals surface area contributed by atoms with E-state index >= 15 is 0 Å². The number of nitrogens with one attached hydrogen (secondary N) is 2. The minimum atomic E-state index is -5.00. The number of anilines is 1. The van der Waals surface area contributed by atoms with Crippen LogP contribution in [0.25, 0.3) is 0 Å². The predicted octanol–water partition coefficient (Wildman–Crippen LogP) is 5.40. The summed E-state index contributed by atoms with van der Waals surface area (Å²) in [6.07, 6.45) is -9.18. The van der Waals surface area contributed by atoms with Crippen molar-refractivity contribution in [1.29, 1.82) is 0 Å². The van der Waals surface area contributed by atoms with E-state index in [1.54, 1.807) is 0 Å². The second-order valence-corrected chi connectivity index (χ2v) is 7.11. The van der Waals surface area contributed by atoms with Gasteiger partial charge < -0.3 is 10.6 Å². The van der Waals surface area contributed by atoms with Gasteiger partial charge in [0.2, 0.25) is 0 Å². The van der Waals surface area contributed by atoms with Crippen LogP contribution in [-0.2, 0) is 30.1 Å². The summed E-state index contributed by atoms with van der Waals surface area (Å²) in [6.45, 7) is 2.19. The van der Waals surface area contributed by atoms with E-state index in [1.807, 2.05) is 23.7 Å². The number of carbonyl (C=O) groups is 1. The zero-order valence-corrected chi connectivity index (χ0v) is 15.9. The number of thiocarbonyl (C=S) groups is 1. The van der Waals surface area contributed by atoms with Gasteiger partial charge in [0.05, 0.1) is 17.7 Å². The Morgan fingerprint density at radius 2 is 1.61 bits per heavy atom. The van der Waals surface area contributed by atoms with Gasteiger partial charge in [-0.2, -0.15) is 26.3 Å². The molecule has 0 bridgehead atoms. The fourth-order valence-electron chi connectivity index (χ4n) is 2.17. The molecule has 0 atom stereocenters. The highest BCUT2D eigenvalue weighted by atomic mass is 32.1. The number of alkyl halides is 6. The van der Waals surface area contributed by atoms with Crippen molar-refractivity contribution in [3.63, 3.8) is 0 Å². The number of hydrogen-bond donors (Lipinski definition) is 2. The smallest absolute Gasteiger partial charge is 0.367 e. The van der Waals surface area contributed by atoms with E-state index in [0.29, 0.717) is 12.1 Å². The molecule has 1 amide bonds. The summed E-state index contributed by atoms with van der Waals surface area (Å²) in [7, 11) is 0. The molecular formula is C17H14F6N2OS2. The first-order valence-corrected chi connectivity index (χ1v) is 9.14. The number of benzene rings is 1. The highest BCUT2D eigenvalue weighted by Crippen LogP contribution is 2.37. The number of aryl methyl sites for hydroxylation is 1. The molecule has 2 N–H and O–H groups in total. The molecule has 0 aliphatic carbocycles. The molecule has 152 valence electrons. The van der Waals surface area contributed by atoms with Crippen LogP contribution in [0.2, 0.25) is 0 Å². The van der Waals surface area contributed by atoms with Gasteiger partial charge in [0, 0.05) is 10.6 Å². The van der Waals surface area contributed by atoms with E-state index in [0.717, 1.165) is 16.9 Å². The Morgan fingerprint density at radius 3 is 2.07 bits per heavy atom. The predicted molar refractivity (Wildman–Crippen MR) is 98.2 cm³/mol. The minimum Gasteiger partial charge on any atom is -0.367 e. The highest BCUT2D eigenvalue weighted by molar-refractivity contribution is 7.82. The lowest BCUT2D eigenvalue weighted by Crippen LogP contribution is -2.33. The van der Waals surface area contributed by atoms with Crippen LogP contribution in [0, 0.1) is 0 Å². The zero-order valence-electron chi connectivity index (χ0n) is 14.3. The van der Waals surface area contributed by atoms with Crippen LogP contribution in [0.3, 0.4) is 0 Å². The molecule has 0 fully saturated rings. The Morgan fingerprint density at radius 1 is 1.04 bits per heavy atom. The Balaban J connectivity index is 2.12. The fourth-order valence-corrected chi connectivity index (χ4v) is 3.20. The number of carbonyl (C=O) groups excluding carboxylic acids is 1. The summed E-state index contributed by atoms with van der Waals surface area (Å²) in [6, 6.07) is 2.72. The molecule has 3 nitrogen and oxygen atoms in total. The normalized spacial score (nSPS) is 12.0. The van der Waals surface area contributed by atoms with E-state index in [4.69, 9.17) is 12.2 Å². The van der Waals surface area contributed by atoms with Gasteiger partial charge in [-0.1, -0.05) is 19.1 Å². The average Bonchev–Trinajstić information content (AvgIpc) is 3.06. The van der Waals surface area contributed by atoms with Crippen LogP contribution < -0.4 is 10.6 Å². The largest absolute Gasteiger partial charge is 0.416 e. The van der Waals surface area contributed by atoms with Gasteiger partial charge in [0.1, 0.15) is 0 Å². The molecule has 0 unspecified atom stereocenters. The van der Waals surface area contributed by atoms with Crippen molar-refractivity contribution in [2.45, 2.75) is 32.2 Å². The highest BCUT2D eigenvalue weighted by Gasteiger charge is 2.37. The molecule has 11 heteroatoms. The summed E-state index contributed by atoms with van der Waals surface area (Å²) in [4.78, 5) is 12.6. The third kappa shape index (κ3) is 5.93. The lowest BCUT2D eigenvalue weighted by molar-refractivity contribution is -0.143. The van der Waals surface area contributed by atoms with Gasteiger partial charge in [-0.25, -0.2) is 0 Å². The molecule has 0 aliphatic heterocycles. The molecule has 1 aromatic carbocycles. The molecule has 0 saturated carbocycles. The lowest BCUT2D eigenvalue weighted by Gasteiger charge is -2.15. The first kappa shape index (κ1) is 22.2. The van der Waals surface area contributed by atoms with E-state index in [1.165, 1.54) is 11.3 Å². The van der Waals surface area contributed by atoms with Crippen LogP contribution in [0.15, 0.2) is 29.6 Å². The first-order chi connectivity index (χ1) is 12.9. The summed E-state index contributed by atoms with van der Waals surface area (Å²) < 4.78 is 77.1. The third-order valence-electron chi connectivity index (χ3n) is 3.59. The van der Waals surface area contributed by atoms with Crippen LogP contribution in [-0.4, -0.2) is 10.9 Å². The van der Waals surface area contributed by atoms with Crippen LogP contribution in [0.4, 0.5) is 32.0 Å². The molecular weight excluding hydrogens is 426 g/mol. The van der Waals surface area contributed by atoms with E-state index in [9.17, 15) is 31.1 Å². The topological polar surface area (TPSA) is 41.1 Å². The van der Waals surface area contributed by atoms with Crippen molar-refractivity contribution in [3.05, 3.63) is 51.2 Å². The second kappa shape index (κ2) is 8.48. The molecule has 0 spiro atoms. The lowest BCUT2D eigenvalue weighted by atomic mass is 10.1. The Bertz CT molecular complexity index is 841. The van der Waals surface area contributed by atoms with E-state index in [2.05, 4.69) is 5.32 Å². The molecule has 2 rings (SSSR count). The maximum absolute atomic E-state index is 12.9. The standard InChI is InChI=1S/C17H14F6N2OS2/c1-2-9-3-13(28-8-9)7-24-15(27)14(26)25-12-5-10(16(18,19)20)4-11(6-12)17(21,22)23/h3-6,8H,2,7H2,1H3,(H,24,27)(H,25,26). The molecule has 0 radical (unpaired) electrons. The van der Waals surface area contributed by atoms with Gasteiger partial charge >= 0.3 is 12.4 Å². The average molecular weight is 440 g/mol.